The van der Waals surface area contributed by atoms with Gasteiger partial charge in [0.15, 0.2) is 0 Å². The fourth-order valence-electron chi connectivity index (χ4n) is 1.74. The van der Waals surface area contributed by atoms with Crippen LogP contribution in [0.2, 0.25) is 0 Å². The predicted molar refractivity (Wildman–Crippen MR) is 70.2 cm³/mol. The largest absolute Gasteiger partial charge is 0.330 e. The molecule has 0 aliphatic carbocycles. The standard InChI is InChI=1S/C13H18BrNO/c1-9(2)11(8-15)13(16)7-10-5-3-4-6-12(10)14/h3-6,9,11H,7-8,15H2,1-2H3. The van der Waals surface area contributed by atoms with Gasteiger partial charge in [0.1, 0.15) is 5.78 Å². The fraction of sp³-hybridized carbons (Fsp3) is 0.462. The van der Waals surface area contributed by atoms with E-state index in [1.165, 1.54) is 0 Å². The molecule has 1 rings (SSSR count). The molecule has 1 unspecified atom stereocenters. The van der Waals surface area contributed by atoms with E-state index in [4.69, 9.17) is 5.73 Å². The minimum atomic E-state index is -0.0351. The summed E-state index contributed by atoms with van der Waals surface area (Å²) in [4.78, 5) is 12.0. The fourth-order valence-corrected chi connectivity index (χ4v) is 2.16. The van der Waals surface area contributed by atoms with Crippen LogP contribution in [-0.2, 0) is 11.2 Å². The number of carbonyl (C=O) groups is 1. The average molecular weight is 284 g/mol. The molecular weight excluding hydrogens is 266 g/mol. The van der Waals surface area contributed by atoms with E-state index in [9.17, 15) is 4.79 Å². The molecular formula is C13H18BrNO. The maximum absolute atomic E-state index is 12.0. The van der Waals surface area contributed by atoms with E-state index in [0.717, 1.165) is 10.0 Å². The second kappa shape index (κ2) is 6.16. The molecule has 0 aromatic heterocycles. The van der Waals surface area contributed by atoms with Crippen molar-refractivity contribution in [3.63, 3.8) is 0 Å². The van der Waals surface area contributed by atoms with Gasteiger partial charge in [-0.3, -0.25) is 4.79 Å². The summed E-state index contributed by atoms with van der Waals surface area (Å²) in [5.41, 5.74) is 6.67. The maximum atomic E-state index is 12.0. The number of hydrogen-bond acceptors (Lipinski definition) is 2. The van der Waals surface area contributed by atoms with Crippen LogP contribution in [-0.4, -0.2) is 12.3 Å². The van der Waals surface area contributed by atoms with Crippen molar-refractivity contribution in [1.82, 2.24) is 0 Å². The van der Waals surface area contributed by atoms with Crippen molar-refractivity contribution in [2.24, 2.45) is 17.6 Å². The van der Waals surface area contributed by atoms with Crippen LogP contribution in [0, 0.1) is 11.8 Å². The molecule has 88 valence electrons. The Balaban J connectivity index is 2.74. The molecule has 1 aromatic carbocycles. The summed E-state index contributed by atoms with van der Waals surface area (Å²) in [6.45, 7) is 4.51. The Morgan fingerprint density at radius 2 is 2.00 bits per heavy atom. The molecule has 1 aromatic rings. The molecule has 0 saturated heterocycles. The van der Waals surface area contributed by atoms with E-state index in [-0.39, 0.29) is 11.7 Å². The van der Waals surface area contributed by atoms with Gasteiger partial charge in [-0.1, -0.05) is 48.0 Å². The van der Waals surface area contributed by atoms with Crippen LogP contribution in [0.15, 0.2) is 28.7 Å². The first-order valence-electron chi connectivity index (χ1n) is 5.52. The van der Waals surface area contributed by atoms with Crippen LogP contribution in [0.3, 0.4) is 0 Å². The van der Waals surface area contributed by atoms with Crippen molar-refractivity contribution >= 4 is 21.7 Å². The number of nitrogens with two attached hydrogens (primary N) is 1. The van der Waals surface area contributed by atoms with Crippen LogP contribution in [0.4, 0.5) is 0 Å². The van der Waals surface area contributed by atoms with Crippen molar-refractivity contribution in [3.05, 3.63) is 34.3 Å². The van der Waals surface area contributed by atoms with Crippen LogP contribution < -0.4 is 5.73 Å². The molecule has 3 heteroatoms. The van der Waals surface area contributed by atoms with Crippen LogP contribution in [0.5, 0.6) is 0 Å². The van der Waals surface area contributed by atoms with Crippen LogP contribution in [0.1, 0.15) is 19.4 Å². The van der Waals surface area contributed by atoms with Gasteiger partial charge >= 0.3 is 0 Å². The van der Waals surface area contributed by atoms with Crippen molar-refractivity contribution in [2.75, 3.05) is 6.54 Å². The first-order chi connectivity index (χ1) is 7.56. The molecule has 0 amide bonds. The second-order valence-corrected chi connectivity index (χ2v) is 5.18. The van der Waals surface area contributed by atoms with Crippen molar-refractivity contribution in [1.29, 1.82) is 0 Å². The lowest BCUT2D eigenvalue weighted by molar-refractivity contribution is -0.123. The molecule has 2 nitrogen and oxygen atoms in total. The van der Waals surface area contributed by atoms with E-state index in [2.05, 4.69) is 15.9 Å². The quantitative estimate of drug-likeness (QED) is 0.903. The van der Waals surface area contributed by atoms with E-state index in [0.29, 0.717) is 18.9 Å². The lowest BCUT2D eigenvalue weighted by Gasteiger charge is -2.17. The average Bonchev–Trinajstić information content (AvgIpc) is 2.22. The molecule has 0 heterocycles. The van der Waals surface area contributed by atoms with Crippen molar-refractivity contribution < 1.29 is 4.79 Å². The highest BCUT2D eigenvalue weighted by atomic mass is 79.9. The third kappa shape index (κ3) is 3.42. The number of benzene rings is 1. The van der Waals surface area contributed by atoms with E-state index in [1.54, 1.807) is 0 Å². The van der Waals surface area contributed by atoms with Gasteiger partial charge in [0.05, 0.1) is 0 Å². The van der Waals surface area contributed by atoms with Gasteiger partial charge in [0.25, 0.3) is 0 Å². The summed E-state index contributed by atoms with van der Waals surface area (Å²) in [6.07, 6.45) is 0.460. The molecule has 0 aliphatic heterocycles. The summed E-state index contributed by atoms with van der Waals surface area (Å²) < 4.78 is 0.989. The Hall–Kier alpha value is -0.670. The number of rotatable bonds is 5. The highest BCUT2D eigenvalue weighted by Gasteiger charge is 2.20. The zero-order valence-corrected chi connectivity index (χ0v) is 11.3. The lowest BCUT2D eigenvalue weighted by atomic mass is 9.88. The number of halogens is 1. The SMILES string of the molecule is CC(C)C(CN)C(=O)Cc1ccccc1Br. The first-order valence-corrected chi connectivity index (χ1v) is 6.31. The highest BCUT2D eigenvalue weighted by Crippen LogP contribution is 2.19. The van der Waals surface area contributed by atoms with Crippen molar-refractivity contribution in [3.8, 4) is 0 Å². The minimum absolute atomic E-state index is 0.0351. The Kier molecular flexibility index (Phi) is 5.16. The highest BCUT2D eigenvalue weighted by molar-refractivity contribution is 9.10. The summed E-state index contributed by atoms with van der Waals surface area (Å²) in [5, 5.41) is 0. The maximum Gasteiger partial charge on any atom is 0.141 e. The zero-order chi connectivity index (χ0) is 12.1. The van der Waals surface area contributed by atoms with Gasteiger partial charge in [0, 0.05) is 23.4 Å². The molecule has 0 radical (unpaired) electrons. The van der Waals surface area contributed by atoms with E-state index >= 15 is 0 Å². The van der Waals surface area contributed by atoms with E-state index in [1.807, 2.05) is 38.1 Å². The lowest BCUT2D eigenvalue weighted by Crippen LogP contribution is -2.29. The van der Waals surface area contributed by atoms with Gasteiger partial charge in [-0.05, 0) is 17.5 Å². The number of ketones is 1. The van der Waals surface area contributed by atoms with Gasteiger partial charge < -0.3 is 5.73 Å². The third-order valence-corrected chi connectivity index (χ3v) is 3.57. The molecule has 0 bridgehead atoms. The first kappa shape index (κ1) is 13.4. The van der Waals surface area contributed by atoms with Gasteiger partial charge in [0.2, 0.25) is 0 Å². The summed E-state index contributed by atoms with van der Waals surface area (Å²) in [5.74, 6) is 0.497. The topological polar surface area (TPSA) is 43.1 Å². The molecule has 2 N–H and O–H groups in total. The normalized spacial score (nSPS) is 12.8. The Morgan fingerprint density at radius 1 is 1.38 bits per heavy atom. The molecule has 16 heavy (non-hydrogen) atoms. The molecule has 0 aliphatic rings. The zero-order valence-electron chi connectivity index (χ0n) is 9.74. The smallest absolute Gasteiger partial charge is 0.141 e. The van der Waals surface area contributed by atoms with Gasteiger partial charge in [-0.25, -0.2) is 0 Å². The van der Waals surface area contributed by atoms with Gasteiger partial charge in [-0.15, -0.1) is 0 Å². The Labute approximate surface area is 105 Å². The molecule has 0 fully saturated rings. The van der Waals surface area contributed by atoms with Crippen LogP contribution in [0.25, 0.3) is 0 Å². The van der Waals surface area contributed by atoms with Crippen molar-refractivity contribution in [2.45, 2.75) is 20.3 Å². The minimum Gasteiger partial charge on any atom is -0.330 e. The Morgan fingerprint density at radius 3 is 2.50 bits per heavy atom. The summed E-state index contributed by atoms with van der Waals surface area (Å²) >= 11 is 3.45. The van der Waals surface area contributed by atoms with E-state index < -0.39 is 0 Å². The van der Waals surface area contributed by atoms with Gasteiger partial charge in [-0.2, -0.15) is 0 Å². The number of Topliss-reactive ketones (excluding diaryl/α,β-unsaturated/α-hetero) is 1. The third-order valence-electron chi connectivity index (χ3n) is 2.79. The second-order valence-electron chi connectivity index (χ2n) is 4.32. The summed E-state index contributed by atoms with van der Waals surface area (Å²) in [6, 6.07) is 7.81. The monoisotopic (exact) mass is 283 g/mol. The molecule has 1 atom stereocenters. The molecule has 0 spiro atoms. The number of carbonyl (C=O) groups excluding carboxylic acids is 1. The Bertz CT molecular complexity index is 363. The number of hydrogen-bond donors (Lipinski definition) is 1. The van der Waals surface area contributed by atoms with Crippen LogP contribution >= 0.6 is 15.9 Å². The summed E-state index contributed by atoms with van der Waals surface area (Å²) in [7, 11) is 0. The predicted octanol–water partition coefficient (Wildman–Crippen LogP) is 2.79. The molecule has 0 saturated carbocycles.